The van der Waals surface area contributed by atoms with Crippen LogP contribution in [0.25, 0.3) is 0 Å². The van der Waals surface area contributed by atoms with Crippen LogP contribution in [0, 0.1) is 16.7 Å². The first-order valence-electron chi connectivity index (χ1n) is 10.1. The monoisotopic (exact) mass is 572 g/mol. The van der Waals surface area contributed by atoms with Crippen molar-refractivity contribution in [3.8, 4) is 0 Å². The highest BCUT2D eigenvalue weighted by Crippen LogP contribution is 2.55. The lowest BCUT2D eigenvalue weighted by atomic mass is 9.91. The van der Waals surface area contributed by atoms with Gasteiger partial charge in [-0.05, 0) is 48.4 Å². The molecule has 2 aromatic rings. The number of hydrogen-bond acceptors (Lipinski definition) is 4. The Balaban J connectivity index is 1.52. The molecule has 0 spiro atoms. The molecule has 1 aromatic heterocycles. The molecule has 0 unspecified atom stereocenters. The zero-order chi connectivity index (χ0) is 24.1. The van der Waals surface area contributed by atoms with Gasteiger partial charge in [-0.2, -0.15) is 13.2 Å². The average molecular weight is 572 g/mol. The fraction of sp³-hybridized carbons (Fsp3) is 0.364. The predicted octanol–water partition coefficient (Wildman–Crippen LogP) is 3.72. The van der Waals surface area contributed by atoms with E-state index in [0.29, 0.717) is 19.4 Å². The van der Waals surface area contributed by atoms with Gasteiger partial charge in [0.15, 0.2) is 5.84 Å². The Labute approximate surface area is 200 Å². The van der Waals surface area contributed by atoms with Crippen molar-refractivity contribution in [2.24, 2.45) is 5.92 Å². The van der Waals surface area contributed by atoms with Crippen LogP contribution in [0.5, 0.6) is 0 Å². The van der Waals surface area contributed by atoms with Crippen molar-refractivity contribution in [1.82, 2.24) is 9.47 Å². The molecule has 1 amide bonds. The number of pyridine rings is 1. The maximum atomic E-state index is 13.5. The van der Waals surface area contributed by atoms with Gasteiger partial charge in [-0.25, -0.2) is 4.79 Å². The summed E-state index contributed by atoms with van der Waals surface area (Å²) in [4.78, 5) is 25.7. The van der Waals surface area contributed by atoms with Gasteiger partial charge in [0.25, 0.3) is 5.91 Å². The van der Waals surface area contributed by atoms with Crippen molar-refractivity contribution in [2.75, 3.05) is 13.1 Å². The first-order valence-corrected chi connectivity index (χ1v) is 11.2. The van der Waals surface area contributed by atoms with Gasteiger partial charge in [0, 0.05) is 22.7 Å². The number of rotatable bonds is 2. The van der Waals surface area contributed by atoms with E-state index in [2.05, 4.69) is 22.6 Å². The molecule has 2 heterocycles. The molecule has 3 N–H and O–H groups in total. The number of alkyl halides is 4. The van der Waals surface area contributed by atoms with Crippen molar-refractivity contribution in [3.05, 3.63) is 64.8 Å². The van der Waals surface area contributed by atoms with Crippen LogP contribution in [0.3, 0.4) is 0 Å². The number of aromatic nitrogens is 1. The number of nitrogens with zero attached hydrogens (tertiary/aromatic N) is 2. The van der Waals surface area contributed by atoms with E-state index in [1.54, 1.807) is 6.07 Å². The highest BCUT2D eigenvalue weighted by molar-refractivity contribution is 14.1. The van der Waals surface area contributed by atoms with E-state index in [0.717, 1.165) is 16.8 Å². The molecule has 3 atom stereocenters. The van der Waals surface area contributed by atoms with E-state index >= 15 is 0 Å². The van der Waals surface area contributed by atoms with E-state index in [-0.39, 0.29) is 35.0 Å². The molecular formula is C22H20F3IN4O3. The Kier molecular flexibility index (Phi) is 5.87. The Bertz CT molecular complexity index is 1210. The number of carboxylic acid groups (broad SMARTS) is 1. The first kappa shape index (κ1) is 23.5. The molecular weight excluding hydrogens is 552 g/mol. The van der Waals surface area contributed by atoms with E-state index < -0.39 is 32.9 Å². The Morgan fingerprint density at radius 2 is 1.88 bits per heavy atom. The standard InChI is InChI=1S/C22H20F3IN4O3/c23-22(24,25)16-4-2-1-3-15(16)13-7-14-10-29(11-21(14,26)8-13)19(31)18(28)30-9-12(20(32)33)5-6-17(30)27/h1-6,9,13-14,27-28H,7-8,10-11H2,(H,32,33)/t13-,14-,21-/m1/s1. The topological polar surface area (TPSA) is 110 Å². The number of nitrogens with one attached hydrogen (secondary N) is 2. The summed E-state index contributed by atoms with van der Waals surface area (Å²) in [6.45, 7) is 0.567. The quantitative estimate of drug-likeness (QED) is 0.221. The maximum Gasteiger partial charge on any atom is 0.416 e. The highest BCUT2D eigenvalue weighted by atomic mass is 127. The number of carbonyl (C=O) groups is 2. The molecule has 1 aliphatic carbocycles. The number of amides is 1. The molecule has 1 aliphatic heterocycles. The van der Waals surface area contributed by atoms with Crippen LogP contribution < -0.4 is 5.49 Å². The van der Waals surface area contributed by atoms with Gasteiger partial charge < -0.3 is 10.0 Å². The summed E-state index contributed by atoms with van der Waals surface area (Å²) in [6.07, 6.45) is -2.39. The molecule has 174 valence electrons. The first-order chi connectivity index (χ1) is 15.4. The maximum absolute atomic E-state index is 13.5. The number of likely N-dealkylation sites (tertiary alicyclic amines) is 1. The molecule has 2 fully saturated rings. The van der Waals surface area contributed by atoms with E-state index in [1.165, 1.54) is 29.2 Å². The number of carbonyl (C=O) groups excluding carboxylic acids is 1. The van der Waals surface area contributed by atoms with Crippen molar-refractivity contribution < 1.29 is 27.9 Å². The molecule has 1 aromatic carbocycles. The molecule has 1 saturated carbocycles. The summed E-state index contributed by atoms with van der Waals surface area (Å²) in [6, 6.07) is 8.03. The number of benzene rings is 1. The molecule has 1 saturated heterocycles. The third-order valence-corrected chi connectivity index (χ3v) is 8.08. The largest absolute Gasteiger partial charge is 0.478 e. The lowest BCUT2D eigenvalue weighted by molar-refractivity contribution is -0.138. The number of aromatic carboxylic acids is 1. The van der Waals surface area contributed by atoms with Crippen LogP contribution in [-0.2, 0) is 11.0 Å². The summed E-state index contributed by atoms with van der Waals surface area (Å²) in [5.74, 6) is -2.73. The zero-order valence-corrected chi connectivity index (χ0v) is 19.4. The van der Waals surface area contributed by atoms with Crippen LogP contribution in [0.4, 0.5) is 13.2 Å². The molecule has 0 radical (unpaired) electrons. The summed E-state index contributed by atoms with van der Waals surface area (Å²) < 4.78 is 40.9. The number of carboxylic acids is 1. The predicted molar refractivity (Wildman–Crippen MR) is 121 cm³/mol. The van der Waals surface area contributed by atoms with E-state index in [1.807, 2.05) is 0 Å². The van der Waals surface area contributed by atoms with Crippen molar-refractivity contribution >= 4 is 40.3 Å². The summed E-state index contributed by atoms with van der Waals surface area (Å²) in [5.41, 5.74) is -0.701. The minimum atomic E-state index is -4.43. The summed E-state index contributed by atoms with van der Waals surface area (Å²) in [5, 5.41) is 25.3. The van der Waals surface area contributed by atoms with Crippen molar-refractivity contribution in [1.29, 1.82) is 10.8 Å². The van der Waals surface area contributed by atoms with Gasteiger partial charge >= 0.3 is 12.1 Å². The van der Waals surface area contributed by atoms with E-state index in [4.69, 9.17) is 15.9 Å². The minimum absolute atomic E-state index is 0.0352. The second-order valence-corrected chi connectivity index (χ2v) is 10.6. The van der Waals surface area contributed by atoms with Crippen molar-refractivity contribution in [3.63, 3.8) is 0 Å². The van der Waals surface area contributed by atoms with Crippen LogP contribution in [0.15, 0.2) is 42.6 Å². The smallest absolute Gasteiger partial charge is 0.416 e. The molecule has 11 heteroatoms. The number of fused-ring (bicyclic) bond motifs is 1. The van der Waals surface area contributed by atoms with Gasteiger partial charge in [0.1, 0.15) is 5.49 Å². The highest BCUT2D eigenvalue weighted by Gasteiger charge is 2.54. The molecule has 0 bridgehead atoms. The van der Waals surface area contributed by atoms with Crippen LogP contribution in [0.1, 0.15) is 40.2 Å². The van der Waals surface area contributed by atoms with Gasteiger partial charge in [-0.3, -0.25) is 20.2 Å². The van der Waals surface area contributed by atoms with Crippen LogP contribution >= 0.6 is 22.6 Å². The van der Waals surface area contributed by atoms with Gasteiger partial charge in [-0.1, -0.05) is 40.8 Å². The SMILES string of the molecule is N=C(C(=O)N1C[C@H]2C[C@@H](c3ccccc3C(F)(F)F)C[C@@]2(I)C1)n1cc(C(=O)O)ccc1=N. The van der Waals surface area contributed by atoms with Crippen molar-refractivity contribution in [2.45, 2.75) is 28.4 Å². The fourth-order valence-electron chi connectivity index (χ4n) is 4.86. The van der Waals surface area contributed by atoms with Gasteiger partial charge in [0.05, 0.1) is 11.1 Å². The second-order valence-electron chi connectivity index (χ2n) is 8.47. The van der Waals surface area contributed by atoms with Crippen LogP contribution in [-0.4, -0.2) is 48.8 Å². The zero-order valence-electron chi connectivity index (χ0n) is 17.2. The summed E-state index contributed by atoms with van der Waals surface area (Å²) in [7, 11) is 0. The summed E-state index contributed by atoms with van der Waals surface area (Å²) >= 11 is 2.23. The Morgan fingerprint density at radius 1 is 1.18 bits per heavy atom. The molecule has 4 rings (SSSR count). The Morgan fingerprint density at radius 3 is 2.52 bits per heavy atom. The number of hydrogen-bond donors (Lipinski definition) is 3. The van der Waals surface area contributed by atoms with Gasteiger partial charge in [0.2, 0.25) is 0 Å². The lowest BCUT2D eigenvalue weighted by Crippen LogP contribution is -2.42. The Hall–Kier alpha value is -2.70. The lowest BCUT2D eigenvalue weighted by Gasteiger charge is -2.24. The third kappa shape index (κ3) is 4.30. The van der Waals surface area contributed by atoms with Gasteiger partial charge in [-0.15, -0.1) is 0 Å². The molecule has 7 nitrogen and oxygen atoms in total. The van der Waals surface area contributed by atoms with Crippen LogP contribution in [0.2, 0.25) is 0 Å². The van der Waals surface area contributed by atoms with E-state index in [9.17, 15) is 22.8 Å². The molecule has 33 heavy (non-hydrogen) atoms. The average Bonchev–Trinajstić information content (AvgIpc) is 3.24. The number of halogens is 4. The second kappa shape index (κ2) is 8.26. The fourth-order valence-corrected chi connectivity index (χ4v) is 6.26. The molecule has 2 aliphatic rings. The third-order valence-electron chi connectivity index (χ3n) is 6.41. The normalized spacial score (nSPS) is 24.5. The minimum Gasteiger partial charge on any atom is -0.478 e.